The van der Waals surface area contributed by atoms with Gasteiger partial charge in [0.05, 0.1) is 29.0 Å². The van der Waals surface area contributed by atoms with Crippen molar-refractivity contribution in [3.63, 3.8) is 0 Å². The number of carbonyl (C=O) groups excluding carboxylic acids is 2. The van der Waals surface area contributed by atoms with Gasteiger partial charge < -0.3 is 10.1 Å². The second-order valence-electron chi connectivity index (χ2n) is 4.93. The van der Waals surface area contributed by atoms with Crippen molar-refractivity contribution in [3.8, 4) is 0 Å². The van der Waals surface area contributed by atoms with E-state index in [0.717, 1.165) is 16.9 Å². The third kappa shape index (κ3) is 3.82. The molecule has 1 aromatic heterocycles. The molecule has 0 aromatic carbocycles. The van der Waals surface area contributed by atoms with Crippen molar-refractivity contribution in [1.82, 2.24) is 0 Å². The molecule has 1 fully saturated rings. The molecule has 1 atom stereocenters. The van der Waals surface area contributed by atoms with E-state index in [2.05, 4.69) is 5.32 Å². The first kappa shape index (κ1) is 16.0. The standard InChI is InChI=1S/C13H17NO5S2/c1-3-19-13(16)11-8(2)6-10(20-11)14-12(15)9-4-5-21(17,18)7-9/h6,9H,3-5,7H2,1-2H3,(H,14,15)/t9-/m1/s1. The van der Waals surface area contributed by atoms with Crippen LogP contribution in [0.15, 0.2) is 6.07 Å². The number of carbonyl (C=O) groups is 2. The van der Waals surface area contributed by atoms with E-state index in [-0.39, 0.29) is 24.0 Å². The number of esters is 1. The Morgan fingerprint density at radius 3 is 2.76 bits per heavy atom. The predicted molar refractivity (Wildman–Crippen MR) is 80.4 cm³/mol. The molecule has 2 rings (SSSR count). The molecule has 0 aliphatic carbocycles. The fourth-order valence-corrected chi connectivity index (χ4v) is 4.88. The number of sulfone groups is 1. The number of hydrogen-bond donors (Lipinski definition) is 1. The first-order valence-corrected chi connectivity index (χ1v) is 9.25. The van der Waals surface area contributed by atoms with Gasteiger partial charge in [-0.3, -0.25) is 4.79 Å². The van der Waals surface area contributed by atoms with Crippen LogP contribution < -0.4 is 5.32 Å². The summed E-state index contributed by atoms with van der Waals surface area (Å²) in [6.45, 7) is 3.78. The quantitative estimate of drug-likeness (QED) is 0.847. The molecule has 8 heteroatoms. The summed E-state index contributed by atoms with van der Waals surface area (Å²) < 4.78 is 27.7. The Kier molecular flexibility index (Phi) is 4.67. The van der Waals surface area contributed by atoms with Gasteiger partial charge in [0.1, 0.15) is 4.88 Å². The Hall–Kier alpha value is -1.41. The topological polar surface area (TPSA) is 89.5 Å². The normalized spacial score (nSPS) is 20.2. The van der Waals surface area contributed by atoms with Crippen LogP contribution in [0.5, 0.6) is 0 Å². The Balaban J connectivity index is 2.05. The Bertz CT molecular complexity index is 662. The van der Waals surface area contributed by atoms with E-state index in [1.807, 2.05) is 0 Å². The maximum atomic E-state index is 12.0. The van der Waals surface area contributed by atoms with Crippen molar-refractivity contribution in [2.75, 3.05) is 23.4 Å². The van der Waals surface area contributed by atoms with E-state index in [1.165, 1.54) is 0 Å². The van der Waals surface area contributed by atoms with Crippen LogP contribution in [0.4, 0.5) is 5.00 Å². The average Bonchev–Trinajstić information content (AvgIpc) is 2.92. The van der Waals surface area contributed by atoms with E-state index >= 15 is 0 Å². The third-order valence-corrected chi connectivity index (χ3v) is 6.13. The number of ether oxygens (including phenoxy) is 1. The van der Waals surface area contributed by atoms with Crippen molar-refractivity contribution >= 4 is 38.1 Å². The maximum Gasteiger partial charge on any atom is 0.348 e. The molecular formula is C13H17NO5S2. The molecule has 0 bridgehead atoms. The van der Waals surface area contributed by atoms with E-state index in [0.29, 0.717) is 16.3 Å². The van der Waals surface area contributed by atoms with Gasteiger partial charge in [-0.1, -0.05) is 0 Å². The molecule has 1 aliphatic heterocycles. The molecule has 116 valence electrons. The van der Waals surface area contributed by atoms with Crippen LogP contribution in [0.25, 0.3) is 0 Å². The summed E-state index contributed by atoms with van der Waals surface area (Å²) in [5.41, 5.74) is 0.729. The fourth-order valence-electron chi connectivity index (χ4n) is 2.17. The highest BCUT2D eigenvalue weighted by Gasteiger charge is 2.33. The van der Waals surface area contributed by atoms with Crippen LogP contribution in [-0.2, 0) is 19.4 Å². The van der Waals surface area contributed by atoms with Crippen LogP contribution in [0.1, 0.15) is 28.6 Å². The largest absolute Gasteiger partial charge is 0.462 e. The smallest absolute Gasteiger partial charge is 0.348 e. The van der Waals surface area contributed by atoms with Gasteiger partial charge in [0.2, 0.25) is 5.91 Å². The minimum Gasteiger partial charge on any atom is -0.462 e. The minimum absolute atomic E-state index is 0.0582. The zero-order valence-electron chi connectivity index (χ0n) is 11.8. The summed E-state index contributed by atoms with van der Waals surface area (Å²) in [4.78, 5) is 24.2. The number of hydrogen-bond acceptors (Lipinski definition) is 6. The lowest BCUT2D eigenvalue weighted by molar-refractivity contribution is -0.119. The highest BCUT2D eigenvalue weighted by atomic mass is 32.2. The molecule has 6 nitrogen and oxygen atoms in total. The van der Waals surface area contributed by atoms with Crippen LogP contribution >= 0.6 is 11.3 Å². The van der Waals surface area contributed by atoms with Gasteiger partial charge in [-0.15, -0.1) is 11.3 Å². The van der Waals surface area contributed by atoms with Gasteiger partial charge >= 0.3 is 5.97 Å². The number of anilines is 1. The summed E-state index contributed by atoms with van der Waals surface area (Å²) in [6.07, 6.45) is 0.350. The zero-order valence-corrected chi connectivity index (χ0v) is 13.5. The second-order valence-corrected chi connectivity index (χ2v) is 8.21. The Labute approximate surface area is 127 Å². The number of nitrogens with one attached hydrogen (secondary N) is 1. The Morgan fingerprint density at radius 2 is 2.19 bits per heavy atom. The molecule has 21 heavy (non-hydrogen) atoms. The van der Waals surface area contributed by atoms with Crippen molar-refractivity contribution in [3.05, 3.63) is 16.5 Å². The first-order chi connectivity index (χ1) is 9.82. The lowest BCUT2D eigenvalue weighted by Crippen LogP contribution is -2.23. The number of amides is 1. The van der Waals surface area contributed by atoms with Gasteiger partial charge in [0, 0.05) is 0 Å². The molecule has 1 amide bonds. The molecular weight excluding hydrogens is 314 g/mol. The van der Waals surface area contributed by atoms with E-state index in [4.69, 9.17) is 4.74 Å². The second kappa shape index (κ2) is 6.15. The molecule has 0 spiro atoms. The molecule has 0 unspecified atom stereocenters. The maximum absolute atomic E-state index is 12.0. The summed E-state index contributed by atoms with van der Waals surface area (Å²) >= 11 is 1.14. The number of rotatable bonds is 4. The molecule has 1 aromatic rings. The van der Waals surface area contributed by atoms with Gasteiger partial charge in [0.15, 0.2) is 9.84 Å². The number of thiophene rings is 1. The average molecular weight is 331 g/mol. The first-order valence-electron chi connectivity index (χ1n) is 6.61. The lowest BCUT2D eigenvalue weighted by Gasteiger charge is -2.07. The van der Waals surface area contributed by atoms with Gasteiger partial charge in [-0.05, 0) is 31.9 Å². The van der Waals surface area contributed by atoms with Gasteiger partial charge in [0.25, 0.3) is 0 Å². The molecule has 1 saturated heterocycles. The van der Waals surface area contributed by atoms with Crippen LogP contribution in [-0.4, -0.2) is 38.4 Å². The van der Waals surface area contributed by atoms with E-state index in [9.17, 15) is 18.0 Å². The van der Waals surface area contributed by atoms with E-state index in [1.54, 1.807) is 19.9 Å². The fraction of sp³-hybridized carbons (Fsp3) is 0.538. The number of aryl methyl sites for hydroxylation is 1. The zero-order chi connectivity index (χ0) is 15.6. The monoisotopic (exact) mass is 331 g/mol. The van der Waals surface area contributed by atoms with Crippen molar-refractivity contribution in [1.29, 1.82) is 0 Å². The van der Waals surface area contributed by atoms with Gasteiger partial charge in [-0.2, -0.15) is 0 Å². The van der Waals surface area contributed by atoms with Crippen LogP contribution in [0.2, 0.25) is 0 Å². The summed E-state index contributed by atoms with van der Waals surface area (Å²) in [6, 6.07) is 1.69. The van der Waals surface area contributed by atoms with Gasteiger partial charge in [-0.25, -0.2) is 13.2 Å². The van der Waals surface area contributed by atoms with Crippen molar-refractivity contribution in [2.24, 2.45) is 5.92 Å². The minimum atomic E-state index is -3.09. The third-order valence-electron chi connectivity index (χ3n) is 3.23. The molecule has 1 aliphatic rings. The molecule has 2 heterocycles. The lowest BCUT2D eigenvalue weighted by atomic mass is 10.1. The highest BCUT2D eigenvalue weighted by molar-refractivity contribution is 7.91. The summed E-state index contributed by atoms with van der Waals surface area (Å²) in [5.74, 6) is -1.28. The van der Waals surface area contributed by atoms with Crippen molar-refractivity contribution < 1.29 is 22.7 Å². The summed E-state index contributed by atoms with van der Waals surface area (Å²) in [5, 5.41) is 3.22. The molecule has 1 N–H and O–H groups in total. The summed E-state index contributed by atoms with van der Waals surface area (Å²) in [7, 11) is -3.09. The SMILES string of the molecule is CCOC(=O)c1sc(NC(=O)[C@@H]2CCS(=O)(=O)C2)cc1C. The highest BCUT2D eigenvalue weighted by Crippen LogP contribution is 2.29. The van der Waals surface area contributed by atoms with E-state index < -0.39 is 21.7 Å². The van der Waals surface area contributed by atoms with Crippen LogP contribution in [0.3, 0.4) is 0 Å². The Morgan fingerprint density at radius 1 is 1.48 bits per heavy atom. The molecule has 0 saturated carbocycles. The van der Waals surface area contributed by atoms with Crippen LogP contribution in [0, 0.1) is 12.8 Å². The van der Waals surface area contributed by atoms with Crippen molar-refractivity contribution in [2.45, 2.75) is 20.3 Å². The molecule has 0 radical (unpaired) electrons. The predicted octanol–water partition coefficient (Wildman–Crippen LogP) is 1.61.